The number of aromatic amines is 1. The molecule has 2 heterocycles. The average Bonchev–Trinajstić information content (AvgIpc) is 2.64. The monoisotopic (exact) mass is 221 g/mol. The van der Waals surface area contributed by atoms with Gasteiger partial charge in [-0.2, -0.15) is 10.2 Å². The summed E-state index contributed by atoms with van der Waals surface area (Å²) in [4.78, 5) is 11.0. The molecule has 0 saturated carbocycles. The number of thiocyanates is 1. The minimum Gasteiger partial charge on any atom is -0.380 e. The Morgan fingerprint density at radius 2 is 2.47 bits per heavy atom. The van der Waals surface area contributed by atoms with Crippen molar-refractivity contribution in [1.29, 1.82) is 5.26 Å². The van der Waals surface area contributed by atoms with Gasteiger partial charge in [-0.3, -0.25) is 4.98 Å². The molecule has 0 amide bonds. The van der Waals surface area contributed by atoms with Gasteiger partial charge in [0.25, 0.3) is 0 Å². The fourth-order valence-corrected chi connectivity index (χ4v) is 1.69. The van der Waals surface area contributed by atoms with Crippen LogP contribution in [0.3, 0.4) is 0 Å². The van der Waals surface area contributed by atoms with E-state index >= 15 is 0 Å². The SMILES string of the molecule is N#CSCC[n+]1c[nH]c2c(N)ncnc21. The number of nitrogens with one attached hydrogen (secondary N) is 1. The highest BCUT2D eigenvalue weighted by molar-refractivity contribution is 8.03. The van der Waals surface area contributed by atoms with Crippen molar-refractivity contribution in [1.82, 2.24) is 15.0 Å². The third-order valence-electron chi connectivity index (χ3n) is 1.99. The molecule has 0 radical (unpaired) electrons. The summed E-state index contributed by atoms with van der Waals surface area (Å²) >= 11 is 1.22. The Labute approximate surface area is 90.1 Å². The molecule has 7 heteroatoms. The fraction of sp³-hybridized carbons (Fsp3) is 0.250. The minimum absolute atomic E-state index is 0.437. The van der Waals surface area contributed by atoms with E-state index in [1.165, 1.54) is 18.1 Å². The Hall–Kier alpha value is -1.81. The summed E-state index contributed by atoms with van der Waals surface area (Å²) in [5, 5.41) is 10.4. The van der Waals surface area contributed by atoms with Crippen molar-refractivity contribution in [3.05, 3.63) is 12.7 Å². The molecule has 0 aliphatic carbocycles. The molecule has 0 spiro atoms. The number of nitriles is 1. The summed E-state index contributed by atoms with van der Waals surface area (Å²) in [6, 6.07) is 0. The van der Waals surface area contributed by atoms with Crippen molar-refractivity contribution in [3.63, 3.8) is 0 Å². The van der Waals surface area contributed by atoms with Gasteiger partial charge < -0.3 is 5.73 Å². The number of fused-ring (bicyclic) bond motifs is 1. The van der Waals surface area contributed by atoms with Crippen LogP contribution < -0.4 is 10.3 Å². The van der Waals surface area contributed by atoms with E-state index in [9.17, 15) is 0 Å². The van der Waals surface area contributed by atoms with E-state index in [-0.39, 0.29) is 0 Å². The number of nitrogens with two attached hydrogens (primary N) is 1. The van der Waals surface area contributed by atoms with Gasteiger partial charge in [0.15, 0.2) is 18.5 Å². The highest BCUT2D eigenvalue weighted by Crippen LogP contribution is 2.09. The van der Waals surface area contributed by atoms with Gasteiger partial charge in [-0.15, -0.1) is 0 Å². The van der Waals surface area contributed by atoms with Crippen LogP contribution in [-0.4, -0.2) is 20.7 Å². The quantitative estimate of drug-likeness (QED) is 0.433. The zero-order valence-electron chi connectivity index (χ0n) is 7.84. The second-order valence-corrected chi connectivity index (χ2v) is 3.74. The molecule has 3 N–H and O–H groups in total. The van der Waals surface area contributed by atoms with Crippen molar-refractivity contribution >= 4 is 28.7 Å². The number of aryl methyl sites for hydroxylation is 1. The summed E-state index contributed by atoms with van der Waals surface area (Å²) in [6.07, 6.45) is 3.22. The largest absolute Gasteiger partial charge is 0.380 e. The normalized spacial score (nSPS) is 10.3. The summed E-state index contributed by atoms with van der Waals surface area (Å²) in [5.74, 6) is 1.16. The third-order valence-corrected chi connectivity index (χ3v) is 2.51. The molecule has 0 aromatic carbocycles. The first kappa shape index (κ1) is 9.73. The molecule has 0 aliphatic rings. The lowest BCUT2D eigenvalue weighted by molar-refractivity contribution is -0.668. The number of anilines is 1. The van der Waals surface area contributed by atoms with E-state index in [0.717, 1.165) is 16.9 Å². The Morgan fingerprint density at radius 1 is 1.60 bits per heavy atom. The third kappa shape index (κ3) is 1.85. The molecule has 0 fully saturated rings. The summed E-state index contributed by atoms with van der Waals surface area (Å²) < 4.78 is 1.91. The number of nitrogen functional groups attached to an aromatic ring is 1. The Bertz CT molecular complexity index is 513. The Balaban J connectivity index is 2.30. The molecule has 6 nitrogen and oxygen atoms in total. The molecule has 0 aliphatic heterocycles. The number of rotatable bonds is 3. The number of nitrogens with zero attached hydrogens (tertiary/aromatic N) is 4. The first-order valence-corrected chi connectivity index (χ1v) is 5.29. The molecule has 0 unspecified atom stereocenters. The summed E-state index contributed by atoms with van der Waals surface area (Å²) in [5.41, 5.74) is 7.17. The topological polar surface area (TPSA) is 95.3 Å². The molecule has 2 aromatic rings. The van der Waals surface area contributed by atoms with E-state index in [4.69, 9.17) is 11.0 Å². The Morgan fingerprint density at radius 3 is 3.27 bits per heavy atom. The van der Waals surface area contributed by atoms with Gasteiger partial charge in [-0.1, -0.05) is 4.98 Å². The van der Waals surface area contributed by atoms with E-state index < -0.39 is 0 Å². The van der Waals surface area contributed by atoms with Crippen LogP contribution >= 0.6 is 11.8 Å². The average molecular weight is 221 g/mol. The van der Waals surface area contributed by atoms with Gasteiger partial charge in [0.1, 0.15) is 5.40 Å². The number of aromatic nitrogens is 4. The maximum atomic E-state index is 8.40. The standard InChI is InChI=1S/C8H8N6S/c9-3-15-2-1-14-5-13-6-7(10)11-4-12-8(6)14/h4-5H,1-2H2,(H2,10,11,12)/p+1. The zero-order valence-corrected chi connectivity index (χ0v) is 8.66. The molecule has 2 aromatic heterocycles. The number of hydrogen-bond acceptors (Lipinski definition) is 5. The predicted molar refractivity (Wildman–Crippen MR) is 56.6 cm³/mol. The predicted octanol–water partition coefficient (Wildman–Crippen LogP) is 0.0419. The second kappa shape index (κ2) is 4.14. The lowest BCUT2D eigenvalue weighted by atomic mass is 10.5. The van der Waals surface area contributed by atoms with Crippen molar-refractivity contribution in [2.24, 2.45) is 0 Å². The lowest BCUT2D eigenvalue weighted by Crippen LogP contribution is -2.33. The van der Waals surface area contributed by atoms with Crippen LogP contribution in [0, 0.1) is 10.7 Å². The Kier molecular flexibility index (Phi) is 2.69. The van der Waals surface area contributed by atoms with Crippen LogP contribution in [0.25, 0.3) is 11.2 Å². The lowest BCUT2D eigenvalue weighted by Gasteiger charge is -1.93. The summed E-state index contributed by atoms with van der Waals surface area (Å²) in [7, 11) is 0. The fourth-order valence-electron chi connectivity index (χ4n) is 1.31. The minimum atomic E-state index is 0.437. The number of thioether (sulfide) groups is 1. The number of H-pyrrole nitrogens is 1. The number of imidazole rings is 1. The first-order chi connectivity index (χ1) is 7.33. The van der Waals surface area contributed by atoms with Crippen molar-refractivity contribution < 1.29 is 4.57 Å². The van der Waals surface area contributed by atoms with Gasteiger partial charge in [0.2, 0.25) is 5.52 Å². The van der Waals surface area contributed by atoms with Crippen LogP contribution in [0.4, 0.5) is 5.82 Å². The van der Waals surface area contributed by atoms with Gasteiger partial charge in [-0.05, 0) is 11.8 Å². The van der Waals surface area contributed by atoms with Crippen LogP contribution in [0.5, 0.6) is 0 Å². The van der Waals surface area contributed by atoms with Crippen molar-refractivity contribution in [2.75, 3.05) is 11.5 Å². The first-order valence-electron chi connectivity index (χ1n) is 4.31. The second-order valence-electron chi connectivity index (χ2n) is 2.86. The highest BCUT2D eigenvalue weighted by Gasteiger charge is 2.13. The molecule has 15 heavy (non-hydrogen) atoms. The van der Waals surface area contributed by atoms with E-state index in [1.807, 2.05) is 9.97 Å². The molecular weight excluding hydrogens is 212 g/mol. The van der Waals surface area contributed by atoms with Crippen LogP contribution in [-0.2, 0) is 6.54 Å². The van der Waals surface area contributed by atoms with Crippen molar-refractivity contribution in [3.8, 4) is 5.40 Å². The maximum Gasteiger partial charge on any atom is 0.307 e. The summed E-state index contributed by atoms with van der Waals surface area (Å²) in [6.45, 7) is 0.717. The van der Waals surface area contributed by atoms with Gasteiger partial charge in [0.05, 0.1) is 6.54 Å². The van der Waals surface area contributed by atoms with E-state index in [2.05, 4.69) is 15.0 Å². The maximum absolute atomic E-state index is 8.40. The highest BCUT2D eigenvalue weighted by atomic mass is 32.2. The number of hydrogen-bond donors (Lipinski definition) is 2. The van der Waals surface area contributed by atoms with Gasteiger partial charge >= 0.3 is 5.65 Å². The molecule has 0 bridgehead atoms. The molecule has 0 atom stereocenters. The molecule has 2 rings (SSSR count). The van der Waals surface area contributed by atoms with Crippen molar-refractivity contribution in [2.45, 2.75) is 6.54 Å². The zero-order chi connectivity index (χ0) is 10.7. The van der Waals surface area contributed by atoms with Crippen LogP contribution in [0.2, 0.25) is 0 Å². The van der Waals surface area contributed by atoms with Crippen LogP contribution in [0.15, 0.2) is 12.7 Å². The molecule has 76 valence electrons. The van der Waals surface area contributed by atoms with E-state index in [0.29, 0.717) is 12.4 Å². The van der Waals surface area contributed by atoms with Gasteiger partial charge in [-0.25, -0.2) is 4.57 Å². The van der Waals surface area contributed by atoms with E-state index in [1.54, 1.807) is 6.33 Å². The molecule has 0 saturated heterocycles. The van der Waals surface area contributed by atoms with Gasteiger partial charge in [0, 0.05) is 5.75 Å². The van der Waals surface area contributed by atoms with Crippen LogP contribution in [0.1, 0.15) is 0 Å². The molecular formula is C8H9N6S+. The smallest absolute Gasteiger partial charge is 0.307 e.